The minimum Gasteiger partial charge on any atom is -0.369 e. The second kappa shape index (κ2) is 3.86. The Kier molecular flexibility index (Phi) is 2.81. The number of rotatable bonds is 1. The molecule has 0 spiro atoms. The summed E-state index contributed by atoms with van der Waals surface area (Å²) in [5, 5.41) is 0. The number of guanidine groups is 1. The number of aliphatic imine (C=N–C) groups is 1. The van der Waals surface area contributed by atoms with Crippen molar-refractivity contribution in [1.29, 1.82) is 0 Å². The first kappa shape index (κ1) is 9.47. The van der Waals surface area contributed by atoms with Crippen LogP contribution in [0.25, 0.3) is 0 Å². The average molecular weight is 182 g/mol. The summed E-state index contributed by atoms with van der Waals surface area (Å²) in [6.07, 6.45) is 0. The number of hydrogen-bond acceptors (Lipinski definition) is 2. The van der Waals surface area contributed by atoms with Gasteiger partial charge in [0.25, 0.3) is 0 Å². The predicted molar refractivity (Wildman–Crippen MR) is 49.7 cm³/mol. The number of halogens is 1. The summed E-state index contributed by atoms with van der Waals surface area (Å²) in [4.78, 5) is 3.91. The van der Waals surface area contributed by atoms with Crippen LogP contribution >= 0.6 is 0 Å². The minimum atomic E-state index is -0.296. The Bertz CT molecular complexity index is 335. The van der Waals surface area contributed by atoms with Crippen LogP contribution in [-0.2, 0) is 0 Å². The van der Waals surface area contributed by atoms with Gasteiger partial charge in [-0.2, -0.15) is 0 Å². The standard InChI is InChI=1S/C8H11FN4/c1-5-4-6(9)2-3-7(5)12-8(10)13-11/h2-4H,11H2,1H3,(H3,10,12,13). The van der Waals surface area contributed by atoms with Crippen molar-refractivity contribution in [2.75, 3.05) is 0 Å². The molecule has 0 aliphatic heterocycles. The number of aryl methyl sites for hydroxylation is 1. The zero-order chi connectivity index (χ0) is 9.84. The molecule has 0 unspecified atom stereocenters. The molecule has 4 nitrogen and oxygen atoms in total. The van der Waals surface area contributed by atoms with Gasteiger partial charge < -0.3 is 5.73 Å². The molecule has 0 amide bonds. The molecule has 0 aliphatic carbocycles. The Labute approximate surface area is 75.4 Å². The van der Waals surface area contributed by atoms with Gasteiger partial charge in [-0.25, -0.2) is 15.2 Å². The zero-order valence-electron chi connectivity index (χ0n) is 7.21. The number of nitrogens with zero attached hydrogens (tertiary/aromatic N) is 1. The van der Waals surface area contributed by atoms with Gasteiger partial charge >= 0.3 is 0 Å². The van der Waals surface area contributed by atoms with Crippen molar-refractivity contribution in [2.45, 2.75) is 6.92 Å². The molecule has 0 radical (unpaired) electrons. The second-order valence-electron chi connectivity index (χ2n) is 2.57. The van der Waals surface area contributed by atoms with Gasteiger partial charge in [-0.1, -0.05) is 0 Å². The predicted octanol–water partition coefficient (Wildman–Crippen LogP) is 0.544. The zero-order valence-corrected chi connectivity index (χ0v) is 7.21. The van der Waals surface area contributed by atoms with Gasteiger partial charge in [0.1, 0.15) is 5.82 Å². The monoisotopic (exact) mass is 182 g/mol. The van der Waals surface area contributed by atoms with Gasteiger partial charge in [0.05, 0.1) is 5.69 Å². The van der Waals surface area contributed by atoms with E-state index >= 15 is 0 Å². The second-order valence-corrected chi connectivity index (χ2v) is 2.57. The highest BCUT2D eigenvalue weighted by molar-refractivity contribution is 5.80. The summed E-state index contributed by atoms with van der Waals surface area (Å²) < 4.78 is 12.6. The van der Waals surface area contributed by atoms with Crippen LogP contribution in [0.4, 0.5) is 10.1 Å². The maximum absolute atomic E-state index is 12.6. The van der Waals surface area contributed by atoms with Crippen molar-refractivity contribution in [2.24, 2.45) is 16.6 Å². The normalized spacial score (nSPS) is 11.5. The topological polar surface area (TPSA) is 76.4 Å². The van der Waals surface area contributed by atoms with E-state index in [1.165, 1.54) is 18.2 Å². The van der Waals surface area contributed by atoms with Crippen LogP contribution in [0.15, 0.2) is 23.2 Å². The van der Waals surface area contributed by atoms with Gasteiger partial charge in [-0.05, 0) is 30.7 Å². The molecule has 0 atom stereocenters. The van der Waals surface area contributed by atoms with Crippen LogP contribution < -0.4 is 17.0 Å². The molecule has 1 aromatic carbocycles. The van der Waals surface area contributed by atoms with E-state index in [-0.39, 0.29) is 11.8 Å². The lowest BCUT2D eigenvalue weighted by Gasteiger charge is -2.01. The third kappa shape index (κ3) is 2.41. The molecule has 0 bridgehead atoms. The molecule has 0 aromatic heterocycles. The SMILES string of the molecule is Cc1cc(F)ccc1N=C(N)NN. The number of hydrogen-bond donors (Lipinski definition) is 3. The Morgan fingerprint density at radius 3 is 2.77 bits per heavy atom. The fourth-order valence-corrected chi connectivity index (χ4v) is 0.906. The van der Waals surface area contributed by atoms with E-state index < -0.39 is 0 Å². The van der Waals surface area contributed by atoms with Crippen LogP contribution in [0.2, 0.25) is 0 Å². The van der Waals surface area contributed by atoms with Gasteiger partial charge in [0.2, 0.25) is 5.96 Å². The lowest BCUT2D eigenvalue weighted by atomic mass is 10.2. The number of hydrazine groups is 1. The molecular formula is C8H11FN4. The van der Waals surface area contributed by atoms with Crippen LogP contribution in [0, 0.1) is 12.7 Å². The molecule has 1 aromatic rings. The Balaban J connectivity index is 3.03. The molecule has 0 saturated heterocycles. The molecule has 0 aliphatic rings. The van der Waals surface area contributed by atoms with Gasteiger partial charge in [-0.3, -0.25) is 5.43 Å². The maximum atomic E-state index is 12.6. The van der Waals surface area contributed by atoms with Crippen molar-refractivity contribution < 1.29 is 4.39 Å². The number of nitrogens with two attached hydrogens (primary N) is 2. The van der Waals surface area contributed by atoms with Crippen molar-refractivity contribution in [3.63, 3.8) is 0 Å². The smallest absolute Gasteiger partial charge is 0.208 e. The Hall–Kier alpha value is -1.62. The Morgan fingerprint density at radius 2 is 2.23 bits per heavy atom. The van der Waals surface area contributed by atoms with Crippen LogP contribution in [0.1, 0.15) is 5.56 Å². The average Bonchev–Trinajstić information content (AvgIpc) is 2.09. The third-order valence-corrected chi connectivity index (χ3v) is 1.55. The van der Waals surface area contributed by atoms with Crippen molar-refractivity contribution in [3.8, 4) is 0 Å². The summed E-state index contributed by atoms with van der Waals surface area (Å²) in [6, 6.07) is 4.23. The van der Waals surface area contributed by atoms with Crippen LogP contribution in [0.5, 0.6) is 0 Å². The molecule has 13 heavy (non-hydrogen) atoms. The summed E-state index contributed by atoms with van der Waals surface area (Å²) in [5.41, 5.74) is 8.82. The van der Waals surface area contributed by atoms with E-state index in [1.54, 1.807) is 6.92 Å². The lowest BCUT2D eigenvalue weighted by molar-refractivity contribution is 0.627. The summed E-state index contributed by atoms with van der Waals surface area (Å²) in [7, 11) is 0. The van der Waals surface area contributed by atoms with Crippen LogP contribution in [0.3, 0.4) is 0 Å². The van der Waals surface area contributed by atoms with E-state index in [0.29, 0.717) is 11.3 Å². The summed E-state index contributed by atoms with van der Waals surface area (Å²) in [5.74, 6) is 4.82. The maximum Gasteiger partial charge on any atom is 0.208 e. The molecular weight excluding hydrogens is 171 g/mol. The fourth-order valence-electron chi connectivity index (χ4n) is 0.906. The molecule has 5 N–H and O–H groups in total. The molecule has 0 heterocycles. The number of nitrogens with one attached hydrogen (secondary N) is 1. The van der Waals surface area contributed by atoms with Crippen molar-refractivity contribution in [3.05, 3.63) is 29.6 Å². The first-order valence-corrected chi connectivity index (χ1v) is 3.70. The molecule has 5 heteroatoms. The first-order chi connectivity index (χ1) is 6.13. The fraction of sp³-hybridized carbons (Fsp3) is 0.125. The van der Waals surface area contributed by atoms with Gasteiger partial charge in [0, 0.05) is 0 Å². The third-order valence-electron chi connectivity index (χ3n) is 1.55. The van der Waals surface area contributed by atoms with E-state index in [2.05, 4.69) is 10.4 Å². The van der Waals surface area contributed by atoms with Crippen LogP contribution in [-0.4, -0.2) is 5.96 Å². The lowest BCUT2D eigenvalue weighted by Crippen LogP contribution is -2.36. The van der Waals surface area contributed by atoms with Crippen molar-refractivity contribution >= 4 is 11.6 Å². The highest BCUT2D eigenvalue weighted by atomic mass is 19.1. The van der Waals surface area contributed by atoms with E-state index in [9.17, 15) is 4.39 Å². The van der Waals surface area contributed by atoms with E-state index in [1.807, 2.05) is 0 Å². The summed E-state index contributed by atoms with van der Waals surface area (Å²) in [6.45, 7) is 1.74. The minimum absolute atomic E-state index is 0.0923. The largest absolute Gasteiger partial charge is 0.369 e. The highest BCUT2D eigenvalue weighted by Crippen LogP contribution is 2.18. The first-order valence-electron chi connectivity index (χ1n) is 3.70. The van der Waals surface area contributed by atoms with Crippen molar-refractivity contribution in [1.82, 2.24) is 5.43 Å². The Morgan fingerprint density at radius 1 is 1.54 bits per heavy atom. The van der Waals surface area contributed by atoms with Gasteiger partial charge in [0.15, 0.2) is 0 Å². The van der Waals surface area contributed by atoms with E-state index in [0.717, 1.165) is 0 Å². The molecule has 0 saturated carbocycles. The van der Waals surface area contributed by atoms with E-state index in [4.69, 9.17) is 11.6 Å². The molecule has 1 rings (SSSR count). The quantitative estimate of drug-likeness (QED) is 0.257. The molecule has 70 valence electrons. The summed E-state index contributed by atoms with van der Waals surface area (Å²) >= 11 is 0. The highest BCUT2D eigenvalue weighted by Gasteiger charge is 1.98. The molecule has 0 fully saturated rings. The van der Waals surface area contributed by atoms with Gasteiger partial charge in [-0.15, -0.1) is 0 Å². The number of benzene rings is 1.